The van der Waals surface area contributed by atoms with E-state index in [1.807, 2.05) is 13.8 Å². The zero-order valence-electron chi connectivity index (χ0n) is 15.0. The first-order chi connectivity index (χ1) is 11.8. The van der Waals surface area contributed by atoms with Gasteiger partial charge in [-0.3, -0.25) is 0 Å². The normalized spacial score (nSPS) is 13.3. The third kappa shape index (κ3) is 2.67. The van der Waals surface area contributed by atoms with Crippen LogP contribution in [0.5, 0.6) is 0 Å². The van der Waals surface area contributed by atoms with Gasteiger partial charge in [-0.25, -0.2) is 0 Å². The second-order valence-corrected chi connectivity index (χ2v) is 8.46. The molecule has 128 valence electrons. The van der Waals surface area contributed by atoms with E-state index in [2.05, 4.69) is 54.6 Å². The van der Waals surface area contributed by atoms with E-state index in [1.165, 1.54) is 45.1 Å². The van der Waals surface area contributed by atoms with Crippen molar-refractivity contribution in [3.05, 3.63) is 54.6 Å². The summed E-state index contributed by atoms with van der Waals surface area (Å²) in [5, 5.41) is 12.9. The first-order valence-electron chi connectivity index (χ1n) is 8.52. The predicted molar refractivity (Wildman–Crippen MR) is 106 cm³/mol. The van der Waals surface area contributed by atoms with Gasteiger partial charge in [0.15, 0.2) is 0 Å². The van der Waals surface area contributed by atoms with Crippen LogP contribution in [0.2, 0.25) is 0 Å². The highest BCUT2D eigenvalue weighted by Gasteiger charge is 2.37. The Morgan fingerprint density at radius 2 is 1.44 bits per heavy atom. The molecule has 0 saturated heterocycles. The Morgan fingerprint density at radius 3 is 2.08 bits per heavy atom. The summed E-state index contributed by atoms with van der Waals surface area (Å²) in [6.45, 7) is 7.36. The molecule has 0 fully saturated rings. The van der Waals surface area contributed by atoms with E-state index in [9.17, 15) is 5.11 Å². The third-order valence-corrected chi connectivity index (χ3v) is 6.24. The zero-order valence-corrected chi connectivity index (χ0v) is 15.8. The lowest BCUT2D eigenvalue weighted by Gasteiger charge is -2.35. The third-order valence-electron chi connectivity index (χ3n) is 5.30. The highest BCUT2D eigenvalue weighted by atomic mass is 32.2. The minimum Gasteiger partial charge on any atom is -0.387 e. The molecule has 0 unspecified atom stereocenters. The van der Waals surface area contributed by atoms with Gasteiger partial charge in [-0.1, -0.05) is 42.5 Å². The van der Waals surface area contributed by atoms with Gasteiger partial charge >= 0.3 is 0 Å². The van der Waals surface area contributed by atoms with Crippen LogP contribution in [0.1, 0.15) is 27.7 Å². The topological polar surface area (TPSA) is 29.5 Å². The molecular formula is C22H22O2S. The molecule has 25 heavy (non-hydrogen) atoms. The Labute approximate surface area is 153 Å². The molecule has 4 rings (SSSR count). The fourth-order valence-electron chi connectivity index (χ4n) is 3.08. The summed E-state index contributed by atoms with van der Waals surface area (Å²) in [6, 6.07) is 19.4. The monoisotopic (exact) mass is 350 g/mol. The van der Waals surface area contributed by atoms with Crippen LogP contribution in [-0.2, 0) is 4.18 Å². The van der Waals surface area contributed by atoms with Gasteiger partial charge in [0.1, 0.15) is 5.60 Å². The van der Waals surface area contributed by atoms with Crippen LogP contribution < -0.4 is 0 Å². The number of aliphatic hydroxyl groups is 1. The van der Waals surface area contributed by atoms with Gasteiger partial charge in [0.05, 0.1) is 5.60 Å². The summed E-state index contributed by atoms with van der Waals surface area (Å²) in [5.41, 5.74) is 3.54. The Bertz CT molecular complexity index is 962. The molecule has 0 spiro atoms. The van der Waals surface area contributed by atoms with Crippen LogP contribution in [0, 0.1) is 0 Å². The van der Waals surface area contributed by atoms with Crippen LogP contribution in [0.4, 0.5) is 0 Å². The molecule has 0 aliphatic heterocycles. The molecule has 1 N–H and O–H groups in total. The summed E-state index contributed by atoms with van der Waals surface area (Å²) in [7, 11) is 0. The van der Waals surface area contributed by atoms with Gasteiger partial charge in [0, 0.05) is 16.9 Å². The van der Waals surface area contributed by atoms with Crippen molar-refractivity contribution < 1.29 is 9.29 Å². The van der Waals surface area contributed by atoms with Crippen molar-refractivity contribution in [2.45, 2.75) is 43.8 Å². The molecule has 0 saturated carbocycles. The summed E-state index contributed by atoms with van der Waals surface area (Å²) < 4.78 is 5.96. The molecule has 3 heteroatoms. The van der Waals surface area contributed by atoms with E-state index in [0.717, 1.165) is 4.90 Å². The van der Waals surface area contributed by atoms with Crippen LogP contribution in [0.15, 0.2) is 59.5 Å². The lowest BCUT2D eigenvalue weighted by atomic mass is 9.90. The van der Waals surface area contributed by atoms with Crippen molar-refractivity contribution in [1.82, 2.24) is 0 Å². The van der Waals surface area contributed by atoms with E-state index in [4.69, 9.17) is 4.18 Å². The molecule has 3 aromatic carbocycles. The number of rotatable bonds is 4. The summed E-state index contributed by atoms with van der Waals surface area (Å²) in [6.07, 6.45) is 0. The highest BCUT2D eigenvalue weighted by Crippen LogP contribution is 2.48. The Kier molecular flexibility index (Phi) is 3.73. The van der Waals surface area contributed by atoms with Gasteiger partial charge in [0.25, 0.3) is 0 Å². The lowest BCUT2D eigenvalue weighted by molar-refractivity contribution is -0.0813. The SMILES string of the molecule is CC(C)(O)C(C)(C)OSc1ccc2c(c1)-c1cccc3cccc-2c13. The van der Waals surface area contributed by atoms with E-state index < -0.39 is 11.2 Å². The first-order valence-corrected chi connectivity index (χ1v) is 9.27. The maximum atomic E-state index is 10.3. The minimum atomic E-state index is -0.918. The second kappa shape index (κ2) is 5.60. The van der Waals surface area contributed by atoms with Crippen molar-refractivity contribution in [2.24, 2.45) is 0 Å². The molecule has 0 aromatic heterocycles. The van der Waals surface area contributed by atoms with Crippen LogP contribution in [-0.4, -0.2) is 16.3 Å². The summed E-state index contributed by atoms with van der Waals surface area (Å²) in [4.78, 5) is 1.04. The van der Waals surface area contributed by atoms with Crippen molar-refractivity contribution in [3.63, 3.8) is 0 Å². The number of benzene rings is 3. The van der Waals surface area contributed by atoms with Gasteiger partial charge < -0.3 is 9.29 Å². The van der Waals surface area contributed by atoms with E-state index >= 15 is 0 Å². The molecule has 3 aromatic rings. The van der Waals surface area contributed by atoms with Crippen molar-refractivity contribution in [3.8, 4) is 22.3 Å². The summed E-state index contributed by atoms with van der Waals surface area (Å²) >= 11 is 1.33. The van der Waals surface area contributed by atoms with Gasteiger partial charge in [-0.15, -0.1) is 0 Å². The average molecular weight is 350 g/mol. The molecule has 0 atom stereocenters. The summed E-state index contributed by atoms with van der Waals surface area (Å²) in [5.74, 6) is 0. The quantitative estimate of drug-likeness (QED) is 0.454. The van der Waals surface area contributed by atoms with Crippen molar-refractivity contribution in [1.29, 1.82) is 0 Å². The Hall–Kier alpha value is -1.81. The smallest absolute Gasteiger partial charge is 0.106 e. The molecule has 1 aliphatic carbocycles. The fraction of sp³-hybridized carbons (Fsp3) is 0.273. The average Bonchev–Trinajstić information content (AvgIpc) is 2.88. The maximum absolute atomic E-state index is 10.3. The number of hydrogen-bond donors (Lipinski definition) is 1. The van der Waals surface area contributed by atoms with Crippen molar-refractivity contribution in [2.75, 3.05) is 0 Å². The number of hydrogen-bond acceptors (Lipinski definition) is 3. The van der Waals surface area contributed by atoms with Crippen molar-refractivity contribution >= 4 is 22.8 Å². The van der Waals surface area contributed by atoms with Gasteiger partial charge in [-0.05, 0) is 72.9 Å². The Balaban J connectivity index is 1.70. The molecule has 2 nitrogen and oxygen atoms in total. The van der Waals surface area contributed by atoms with Gasteiger partial charge in [-0.2, -0.15) is 0 Å². The van der Waals surface area contributed by atoms with Gasteiger partial charge in [0.2, 0.25) is 0 Å². The molecule has 0 heterocycles. The minimum absolute atomic E-state index is 0.653. The predicted octanol–water partition coefficient (Wildman–Crippen LogP) is 6.06. The van der Waals surface area contributed by atoms with E-state index in [1.54, 1.807) is 13.8 Å². The number of fused-ring (bicyclic) bond motifs is 3. The molecule has 0 radical (unpaired) electrons. The first kappa shape index (κ1) is 16.6. The zero-order chi connectivity index (χ0) is 17.8. The fourth-order valence-corrected chi connectivity index (χ4v) is 3.88. The van der Waals surface area contributed by atoms with Crippen LogP contribution in [0.25, 0.3) is 33.0 Å². The molecule has 1 aliphatic rings. The van der Waals surface area contributed by atoms with E-state index in [-0.39, 0.29) is 0 Å². The largest absolute Gasteiger partial charge is 0.387 e. The standard InChI is InChI=1S/C22H22O2S/c1-21(2,23)22(3,4)24-25-15-11-12-16-17-9-5-7-14-8-6-10-18(20(14)17)19(16)13-15/h5-13,23H,1-4H3. The second-order valence-electron chi connectivity index (χ2n) is 7.65. The van der Waals surface area contributed by atoms with Crippen LogP contribution >= 0.6 is 12.0 Å². The molecular weight excluding hydrogens is 328 g/mol. The maximum Gasteiger partial charge on any atom is 0.106 e. The lowest BCUT2D eigenvalue weighted by Crippen LogP contribution is -2.45. The molecule has 0 bridgehead atoms. The van der Waals surface area contributed by atoms with E-state index in [0.29, 0.717) is 0 Å². The highest BCUT2D eigenvalue weighted by molar-refractivity contribution is 7.94. The Morgan fingerprint density at radius 1 is 0.800 bits per heavy atom. The molecule has 0 amide bonds. The van der Waals surface area contributed by atoms with Crippen LogP contribution in [0.3, 0.4) is 0 Å².